The van der Waals surface area contributed by atoms with Gasteiger partial charge in [-0.05, 0) is 37.3 Å². The normalized spacial score (nSPS) is 25.0. The standard InChI is InChI=1S/C14H19N3O4S/c1-22(19,20)10-4-5-12(15-8-10)17-14(18)16-11-6-7-21-13(11)9-2-3-9/h4-5,8-9,11,13H,2-3,6-7H2,1H3,(H2,15,16,17,18)/t11-,13+/m1/s1. The maximum atomic E-state index is 12.0. The van der Waals surface area contributed by atoms with Crippen LogP contribution in [0.15, 0.2) is 23.2 Å². The van der Waals surface area contributed by atoms with Crippen LogP contribution in [0.3, 0.4) is 0 Å². The van der Waals surface area contributed by atoms with Crippen molar-refractivity contribution >= 4 is 21.7 Å². The van der Waals surface area contributed by atoms with E-state index in [1.165, 1.54) is 31.2 Å². The lowest BCUT2D eigenvalue weighted by Crippen LogP contribution is -2.43. The lowest BCUT2D eigenvalue weighted by molar-refractivity contribution is 0.0829. The molecule has 0 bridgehead atoms. The molecule has 22 heavy (non-hydrogen) atoms. The van der Waals surface area contributed by atoms with Crippen LogP contribution in [0.1, 0.15) is 19.3 Å². The summed E-state index contributed by atoms with van der Waals surface area (Å²) in [6, 6.07) is 2.58. The van der Waals surface area contributed by atoms with Crippen LogP contribution in [0.25, 0.3) is 0 Å². The van der Waals surface area contributed by atoms with Crippen LogP contribution in [0.4, 0.5) is 10.6 Å². The number of rotatable bonds is 4. The van der Waals surface area contributed by atoms with Crippen molar-refractivity contribution < 1.29 is 17.9 Å². The summed E-state index contributed by atoms with van der Waals surface area (Å²) in [7, 11) is -3.28. The second-order valence-corrected chi connectivity index (χ2v) is 7.83. The van der Waals surface area contributed by atoms with Crippen LogP contribution in [0, 0.1) is 5.92 Å². The molecule has 2 fully saturated rings. The van der Waals surface area contributed by atoms with Gasteiger partial charge in [-0.3, -0.25) is 5.32 Å². The van der Waals surface area contributed by atoms with E-state index in [2.05, 4.69) is 15.6 Å². The minimum Gasteiger partial charge on any atom is -0.376 e. The van der Waals surface area contributed by atoms with Crippen molar-refractivity contribution in [1.82, 2.24) is 10.3 Å². The number of aromatic nitrogens is 1. The summed E-state index contributed by atoms with van der Waals surface area (Å²) in [6.45, 7) is 0.674. The molecule has 0 aromatic carbocycles. The highest BCUT2D eigenvalue weighted by Gasteiger charge is 2.41. The van der Waals surface area contributed by atoms with Gasteiger partial charge in [-0.2, -0.15) is 0 Å². The van der Waals surface area contributed by atoms with Crippen molar-refractivity contribution in [3.8, 4) is 0 Å². The molecule has 2 amide bonds. The monoisotopic (exact) mass is 325 g/mol. The molecule has 0 unspecified atom stereocenters. The first kappa shape index (κ1) is 15.2. The Bertz CT molecular complexity index is 655. The van der Waals surface area contributed by atoms with E-state index < -0.39 is 9.84 Å². The van der Waals surface area contributed by atoms with Crippen molar-refractivity contribution in [2.45, 2.75) is 36.3 Å². The quantitative estimate of drug-likeness (QED) is 0.866. The summed E-state index contributed by atoms with van der Waals surface area (Å²) in [5, 5.41) is 5.53. The molecule has 1 saturated carbocycles. The molecular weight excluding hydrogens is 306 g/mol. The number of nitrogens with zero attached hydrogens (tertiary/aromatic N) is 1. The fourth-order valence-corrected chi connectivity index (χ4v) is 3.21. The molecule has 8 heteroatoms. The van der Waals surface area contributed by atoms with Gasteiger partial charge in [0.15, 0.2) is 9.84 Å². The predicted octanol–water partition coefficient (Wildman–Crippen LogP) is 1.17. The molecule has 1 aromatic rings. The Morgan fingerprint density at radius 1 is 1.32 bits per heavy atom. The number of pyridine rings is 1. The predicted molar refractivity (Wildman–Crippen MR) is 80.4 cm³/mol. The number of hydrogen-bond donors (Lipinski definition) is 2. The fraction of sp³-hybridized carbons (Fsp3) is 0.571. The molecule has 120 valence electrons. The topological polar surface area (TPSA) is 97.4 Å². The van der Waals surface area contributed by atoms with Gasteiger partial charge in [0, 0.05) is 19.1 Å². The van der Waals surface area contributed by atoms with E-state index in [0.717, 1.165) is 12.7 Å². The van der Waals surface area contributed by atoms with Crippen LogP contribution < -0.4 is 10.6 Å². The van der Waals surface area contributed by atoms with Crippen molar-refractivity contribution in [2.75, 3.05) is 18.2 Å². The van der Waals surface area contributed by atoms with Crippen LogP contribution in [-0.2, 0) is 14.6 Å². The van der Waals surface area contributed by atoms with E-state index in [1.54, 1.807) is 0 Å². The number of amides is 2. The number of urea groups is 1. The number of nitrogens with one attached hydrogen (secondary N) is 2. The van der Waals surface area contributed by atoms with Gasteiger partial charge in [0.1, 0.15) is 5.82 Å². The average molecular weight is 325 g/mol. The van der Waals surface area contributed by atoms with Crippen LogP contribution >= 0.6 is 0 Å². The van der Waals surface area contributed by atoms with Crippen LogP contribution in [0.2, 0.25) is 0 Å². The molecule has 3 rings (SSSR count). The van der Waals surface area contributed by atoms with E-state index in [1.807, 2.05) is 0 Å². The zero-order chi connectivity index (χ0) is 15.7. The molecule has 2 atom stereocenters. The molecule has 0 radical (unpaired) electrons. The van der Waals surface area contributed by atoms with Gasteiger partial charge < -0.3 is 10.1 Å². The van der Waals surface area contributed by atoms with Crippen molar-refractivity contribution in [2.24, 2.45) is 5.92 Å². The van der Waals surface area contributed by atoms with Crippen LogP contribution in [0.5, 0.6) is 0 Å². The number of carbonyl (C=O) groups excluding carboxylic acids is 1. The molecule has 1 saturated heterocycles. The third-order valence-electron chi connectivity index (χ3n) is 3.94. The van der Waals surface area contributed by atoms with E-state index in [9.17, 15) is 13.2 Å². The summed E-state index contributed by atoms with van der Waals surface area (Å²) >= 11 is 0. The number of carbonyl (C=O) groups is 1. The van der Waals surface area contributed by atoms with Crippen LogP contribution in [-0.4, -0.2) is 44.4 Å². The molecule has 2 heterocycles. The first-order chi connectivity index (χ1) is 10.4. The van der Waals surface area contributed by atoms with Crippen molar-refractivity contribution in [3.05, 3.63) is 18.3 Å². The Hall–Kier alpha value is -1.67. The molecule has 1 aliphatic heterocycles. The Balaban J connectivity index is 1.57. The number of ether oxygens (including phenoxy) is 1. The molecule has 1 aromatic heterocycles. The molecule has 2 N–H and O–H groups in total. The maximum absolute atomic E-state index is 12.0. The minimum absolute atomic E-state index is 0.0304. The van der Waals surface area contributed by atoms with Gasteiger partial charge >= 0.3 is 6.03 Å². The first-order valence-electron chi connectivity index (χ1n) is 7.29. The third-order valence-corrected chi connectivity index (χ3v) is 5.04. The highest BCUT2D eigenvalue weighted by Crippen LogP contribution is 2.38. The second kappa shape index (κ2) is 5.85. The summed E-state index contributed by atoms with van der Waals surface area (Å²) in [5.41, 5.74) is 0. The summed E-state index contributed by atoms with van der Waals surface area (Å²) in [5.74, 6) is 0.881. The van der Waals surface area contributed by atoms with Crippen molar-refractivity contribution in [3.63, 3.8) is 0 Å². The molecule has 2 aliphatic rings. The smallest absolute Gasteiger partial charge is 0.320 e. The second-order valence-electron chi connectivity index (χ2n) is 5.82. The van der Waals surface area contributed by atoms with Gasteiger partial charge in [0.2, 0.25) is 0 Å². The van der Waals surface area contributed by atoms with Crippen molar-refractivity contribution in [1.29, 1.82) is 0 Å². The highest BCUT2D eigenvalue weighted by atomic mass is 32.2. The molecule has 1 aliphatic carbocycles. The Kier molecular flexibility index (Phi) is 4.05. The highest BCUT2D eigenvalue weighted by molar-refractivity contribution is 7.90. The van der Waals surface area contributed by atoms with Gasteiger partial charge in [-0.1, -0.05) is 0 Å². The Morgan fingerprint density at radius 3 is 2.68 bits per heavy atom. The lowest BCUT2D eigenvalue weighted by atomic mass is 10.1. The van der Waals surface area contributed by atoms with Gasteiger partial charge in [-0.15, -0.1) is 0 Å². The first-order valence-corrected chi connectivity index (χ1v) is 9.18. The largest absolute Gasteiger partial charge is 0.376 e. The fourth-order valence-electron chi connectivity index (χ4n) is 2.65. The molecular formula is C14H19N3O4S. The van der Waals surface area contributed by atoms with Gasteiger partial charge in [0.25, 0.3) is 0 Å². The molecule has 0 spiro atoms. The zero-order valence-electron chi connectivity index (χ0n) is 12.3. The van der Waals surface area contributed by atoms with Gasteiger partial charge in [-0.25, -0.2) is 18.2 Å². The van der Waals surface area contributed by atoms with E-state index in [4.69, 9.17) is 4.74 Å². The summed E-state index contributed by atoms with van der Waals surface area (Å²) in [6.07, 6.45) is 5.61. The Morgan fingerprint density at radius 2 is 2.09 bits per heavy atom. The molecule has 7 nitrogen and oxygen atoms in total. The Labute approximate surface area is 129 Å². The number of sulfone groups is 1. The maximum Gasteiger partial charge on any atom is 0.320 e. The van der Waals surface area contributed by atoms with Gasteiger partial charge in [0.05, 0.1) is 17.0 Å². The van der Waals surface area contributed by atoms with E-state index in [-0.39, 0.29) is 23.1 Å². The minimum atomic E-state index is -3.28. The number of hydrogen-bond acceptors (Lipinski definition) is 5. The summed E-state index contributed by atoms with van der Waals surface area (Å²) < 4.78 is 28.4. The zero-order valence-corrected chi connectivity index (χ0v) is 13.1. The lowest BCUT2D eigenvalue weighted by Gasteiger charge is -2.19. The third kappa shape index (κ3) is 3.56. The summed E-state index contributed by atoms with van der Waals surface area (Å²) in [4.78, 5) is 16.1. The van der Waals surface area contributed by atoms with E-state index in [0.29, 0.717) is 18.3 Å². The number of anilines is 1. The average Bonchev–Trinajstić information content (AvgIpc) is 3.19. The van der Waals surface area contributed by atoms with E-state index >= 15 is 0 Å². The SMILES string of the molecule is CS(=O)(=O)c1ccc(NC(=O)N[C@@H]2CCO[C@H]2C2CC2)nc1.